The van der Waals surface area contributed by atoms with Crippen molar-refractivity contribution >= 4 is 23.0 Å². The Balaban J connectivity index is 1.60. The summed E-state index contributed by atoms with van der Waals surface area (Å²) in [6.45, 7) is 4.83. The van der Waals surface area contributed by atoms with Gasteiger partial charge in [-0.15, -0.1) is 0 Å². The van der Waals surface area contributed by atoms with E-state index in [0.717, 1.165) is 22.2 Å². The molecule has 1 amide bonds. The lowest BCUT2D eigenvalue weighted by atomic mass is 10.2. The van der Waals surface area contributed by atoms with Crippen LogP contribution in [0.1, 0.15) is 29.8 Å². The van der Waals surface area contributed by atoms with E-state index in [4.69, 9.17) is 4.74 Å². The molecule has 128 valence electrons. The van der Waals surface area contributed by atoms with Crippen molar-refractivity contribution in [1.29, 1.82) is 0 Å². The number of hydrogen-bond acceptors (Lipinski definition) is 3. The molecule has 0 saturated carbocycles. The topological polar surface area (TPSA) is 66.5 Å². The summed E-state index contributed by atoms with van der Waals surface area (Å²) in [5.41, 5.74) is 5.04. The average molecular weight is 335 g/mol. The largest absolute Gasteiger partial charge is 0.493 e. The van der Waals surface area contributed by atoms with Crippen molar-refractivity contribution in [2.24, 2.45) is 11.0 Å². The SMILES string of the molecule is CC(C)COc1ccc(C(=O)N/N=C\c2c[nH]c3ccccc23)cc1. The summed E-state index contributed by atoms with van der Waals surface area (Å²) in [6.07, 6.45) is 3.50. The fourth-order valence-electron chi connectivity index (χ4n) is 2.39. The van der Waals surface area contributed by atoms with Crippen molar-refractivity contribution in [3.8, 4) is 5.75 Å². The molecule has 2 N–H and O–H groups in total. The van der Waals surface area contributed by atoms with Crippen LogP contribution in [-0.2, 0) is 0 Å². The number of H-pyrrole nitrogens is 1. The van der Waals surface area contributed by atoms with Crippen molar-refractivity contribution in [3.05, 3.63) is 65.9 Å². The fraction of sp³-hybridized carbons (Fsp3) is 0.200. The Morgan fingerprint density at radius 3 is 2.72 bits per heavy atom. The first-order valence-corrected chi connectivity index (χ1v) is 8.26. The molecular formula is C20H21N3O2. The Morgan fingerprint density at radius 1 is 1.20 bits per heavy atom. The summed E-state index contributed by atoms with van der Waals surface area (Å²) < 4.78 is 5.61. The van der Waals surface area contributed by atoms with E-state index in [2.05, 4.69) is 29.4 Å². The first-order chi connectivity index (χ1) is 12.1. The number of carbonyl (C=O) groups excluding carboxylic acids is 1. The summed E-state index contributed by atoms with van der Waals surface area (Å²) in [6, 6.07) is 15.0. The molecular weight excluding hydrogens is 314 g/mol. The van der Waals surface area contributed by atoms with Crippen molar-refractivity contribution < 1.29 is 9.53 Å². The van der Waals surface area contributed by atoms with Crippen LogP contribution in [-0.4, -0.2) is 23.7 Å². The average Bonchev–Trinajstić information content (AvgIpc) is 3.03. The van der Waals surface area contributed by atoms with Crippen LogP contribution in [0.2, 0.25) is 0 Å². The molecule has 0 fully saturated rings. The zero-order chi connectivity index (χ0) is 17.6. The Kier molecular flexibility index (Phi) is 5.14. The van der Waals surface area contributed by atoms with E-state index in [9.17, 15) is 4.79 Å². The van der Waals surface area contributed by atoms with Crippen molar-refractivity contribution in [2.75, 3.05) is 6.61 Å². The third-order valence-corrected chi connectivity index (χ3v) is 3.69. The lowest BCUT2D eigenvalue weighted by Gasteiger charge is -2.08. The van der Waals surface area contributed by atoms with E-state index in [1.54, 1.807) is 30.5 Å². The van der Waals surface area contributed by atoms with Crippen molar-refractivity contribution in [2.45, 2.75) is 13.8 Å². The molecule has 0 unspecified atom stereocenters. The lowest BCUT2D eigenvalue weighted by Crippen LogP contribution is -2.17. The standard InChI is InChI=1S/C20H21N3O2/c1-14(2)13-25-17-9-7-15(8-10-17)20(24)23-22-12-16-11-21-19-6-4-3-5-18(16)19/h3-12,14,21H,13H2,1-2H3,(H,23,24)/b22-12-. The molecule has 1 heterocycles. The number of hydrazone groups is 1. The molecule has 5 nitrogen and oxygen atoms in total. The smallest absolute Gasteiger partial charge is 0.271 e. The Hall–Kier alpha value is -3.08. The molecule has 3 aromatic rings. The van der Waals surface area contributed by atoms with E-state index in [-0.39, 0.29) is 5.91 Å². The second-order valence-electron chi connectivity index (χ2n) is 6.22. The van der Waals surface area contributed by atoms with Crippen LogP contribution in [0.25, 0.3) is 10.9 Å². The Morgan fingerprint density at radius 2 is 1.96 bits per heavy atom. The van der Waals surface area contributed by atoms with E-state index in [1.807, 2.05) is 30.5 Å². The number of hydrogen-bond donors (Lipinski definition) is 2. The number of carbonyl (C=O) groups is 1. The number of nitrogens with zero attached hydrogens (tertiary/aromatic N) is 1. The maximum absolute atomic E-state index is 12.1. The molecule has 25 heavy (non-hydrogen) atoms. The number of rotatable bonds is 6. The molecule has 0 aliphatic carbocycles. The summed E-state index contributed by atoms with van der Waals surface area (Å²) in [4.78, 5) is 15.3. The van der Waals surface area contributed by atoms with Gasteiger partial charge in [0.15, 0.2) is 0 Å². The molecule has 2 aromatic carbocycles. The molecule has 0 atom stereocenters. The first-order valence-electron chi connectivity index (χ1n) is 8.26. The van der Waals surface area contributed by atoms with Gasteiger partial charge in [-0.2, -0.15) is 5.10 Å². The summed E-state index contributed by atoms with van der Waals surface area (Å²) >= 11 is 0. The van der Waals surface area contributed by atoms with Gasteiger partial charge in [-0.25, -0.2) is 5.43 Å². The number of aromatic amines is 1. The van der Waals surface area contributed by atoms with E-state index < -0.39 is 0 Å². The molecule has 0 aliphatic heterocycles. The third-order valence-electron chi connectivity index (χ3n) is 3.69. The number of aromatic nitrogens is 1. The maximum atomic E-state index is 12.1. The predicted molar refractivity (Wildman–Crippen MR) is 100 cm³/mol. The number of ether oxygens (including phenoxy) is 1. The van der Waals surface area contributed by atoms with Crippen molar-refractivity contribution in [3.63, 3.8) is 0 Å². The van der Waals surface area contributed by atoms with Crippen molar-refractivity contribution in [1.82, 2.24) is 10.4 Å². The predicted octanol–water partition coefficient (Wildman–Crippen LogP) is 3.97. The lowest BCUT2D eigenvalue weighted by molar-refractivity contribution is 0.0955. The molecule has 0 bridgehead atoms. The Labute approximate surface area is 146 Å². The number of nitrogens with one attached hydrogen (secondary N) is 2. The molecule has 0 radical (unpaired) electrons. The van der Waals surface area contributed by atoms with Crippen LogP contribution >= 0.6 is 0 Å². The minimum atomic E-state index is -0.258. The monoisotopic (exact) mass is 335 g/mol. The maximum Gasteiger partial charge on any atom is 0.271 e. The summed E-state index contributed by atoms with van der Waals surface area (Å²) in [5, 5.41) is 5.11. The van der Waals surface area contributed by atoms with E-state index in [0.29, 0.717) is 18.1 Å². The van der Waals surface area contributed by atoms with Gasteiger partial charge in [-0.1, -0.05) is 32.0 Å². The van der Waals surface area contributed by atoms with Crippen LogP contribution in [0.4, 0.5) is 0 Å². The van der Waals surface area contributed by atoms with Crippen LogP contribution in [0.3, 0.4) is 0 Å². The van der Waals surface area contributed by atoms with Crippen LogP contribution < -0.4 is 10.2 Å². The van der Waals surface area contributed by atoms with E-state index >= 15 is 0 Å². The van der Waals surface area contributed by atoms with Gasteiger partial charge in [0.2, 0.25) is 0 Å². The number of amides is 1. The van der Waals surface area contributed by atoms with Gasteiger partial charge < -0.3 is 9.72 Å². The molecule has 1 aromatic heterocycles. The van der Waals surface area contributed by atoms with Gasteiger partial charge in [0.1, 0.15) is 5.75 Å². The van der Waals surface area contributed by atoms with Gasteiger partial charge in [-0.3, -0.25) is 4.79 Å². The Bertz CT molecular complexity index is 879. The number of para-hydroxylation sites is 1. The second-order valence-corrected chi connectivity index (χ2v) is 6.22. The van der Waals surface area contributed by atoms with Crippen LogP contribution in [0.5, 0.6) is 5.75 Å². The highest BCUT2D eigenvalue weighted by molar-refractivity contribution is 6.00. The van der Waals surface area contributed by atoms with Gasteiger partial charge in [0.25, 0.3) is 5.91 Å². The molecule has 0 spiro atoms. The zero-order valence-corrected chi connectivity index (χ0v) is 14.3. The quantitative estimate of drug-likeness (QED) is 0.529. The molecule has 0 saturated heterocycles. The highest BCUT2D eigenvalue weighted by atomic mass is 16.5. The zero-order valence-electron chi connectivity index (χ0n) is 14.3. The summed E-state index contributed by atoms with van der Waals surface area (Å²) in [5.74, 6) is 0.959. The van der Waals surface area contributed by atoms with Gasteiger partial charge in [0.05, 0.1) is 12.8 Å². The van der Waals surface area contributed by atoms with Gasteiger partial charge in [-0.05, 0) is 36.2 Å². The fourth-order valence-corrected chi connectivity index (χ4v) is 2.39. The number of fused-ring (bicyclic) bond motifs is 1. The van der Waals surface area contributed by atoms with Crippen LogP contribution in [0, 0.1) is 5.92 Å². The van der Waals surface area contributed by atoms with Gasteiger partial charge >= 0.3 is 0 Å². The first kappa shape index (κ1) is 16.8. The van der Waals surface area contributed by atoms with E-state index in [1.165, 1.54) is 0 Å². The highest BCUT2D eigenvalue weighted by Gasteiger charge is 2.05. The molecule has 5 heteroatoms. The van der Waals surface area contributed by atoms with Gasteiger partial charge in [0, 0.05) is 28.2 Å². The molecule has 3 rings (SSSR count). The number of benzene rings is 2. The molecule has 0 aliphatic rings. The third kappa shape index (κ3) is 4.26. The second kappa shape index (κ2) is 7.66. The minimum Gasteiger partial charge on any atom is -0.493 e. The highest BCUT2D eigenvalue weighted by Crippen LogP contribution is 2.16. The summed E-state index contributed by atoms with van der Waals surface area (Å²) in [7, 11) is 0. The van der Waals surface area contributed by atoms with Crippen LogP contribution in [0.15, 0.2) is 59.8 Å². The minimum absolute atomic E-state index is 0.258. The normalized spacial score (nSPS) is 11.3.